The normalized spacial score (nSPS) is 12.1. The highest BCUT2D eigenvalue weighted by atomic mass is 35.5. The van der Waals surface area contributed by atoms with Crippen LogP contribution >= 0.6 is 34.8 Å². The maximum atomic E-state index is 13.7. The number of benzene rings is 3. The van der Waals surface area contributed by atoms with Crippen molar-refractivity contribution in [3.8, 4) is 5.75 Å². The minimum atomic E-state index is -0.809. The fourth-order valence-corrected chi connectivity index (χ4v) is 4.36. The van der Waals surface area contributed by atoms with Crippen LogP contribution in [0.1, 0.15) is 37.5 Å². The Morgan fingerprint density at radius 1 is 0.946 bits per heavy atom. The topological polar surface area (TPSA) is 58.6 Å². The summed E-state index contributed by atoms with van der Waals surface area (Å²) in [6, 6.07) is 19.1. The van der Waals surface area contributed by atoms with Gasteiger partial charge in [-0.3, -0.25) is 9.59 Å². The Balaban J connectivity index is 1.96. The Morgan fingerprint density at radius 2 is 1.65 bits per heavy atom. The molecule has 0 aliphatic heterocycles. The zero-order chi connectivity index (χ0) is 27.2. The van der Waals surface area contributed by atoms with E-state index in [1.807, 2.05) is 58.0 Å². The molecule has 0 aliphatic carbocycles. The van der Waals surface area contributed by atoms with E-state index in [9.17, 15) is 9.59 Å². The second-order valence-corrected chi connectivity index (χ2v) is 11.2. The first-order valence-corrected chi connectivity index (χ1v) is 13.0. The first-order valence-electron chi connectivity index (χ1n) is 11.9. The van der Waals surface area contributed by atoms with Gasteiger partial charge in [0, 0.05) is 33.6 Å². The predicted molar refractivity (Wildman–Crippen MR) is 151 cm³/mol. The van der Waals surface area contributed by atoms with E-state index in [0.29, 0.717) is 32.8 Å². The Labute approximate surface area is 233 Å². The van der Waals surface area contributed by atoms with Gasteiger partial charge >= 0.3 is 0 Å². The summed E-state index contributed by atoms with van der Waals surface area (Å²) < 4.78 is 5.82. The number of nitrogens with zero attached hydrogens (tertiary/aromatic N) is 1. The van der Waals surface area contributed by atoms with E-state index in [0.717, 1.165) is 11.1 Å². The Hall–Kier alpha value is -2.73. The first kappa shape index (κ1) is 28.8. The molecule has 1 unspecified atom stereocenters. The van der Waals surface area contributed by atoms with Crippen molar-refractivity contribution in [1.29, 1.82) is 0 Å². The number of hydrogen-bond acceptors (Lipinski definition) is 3. The van der Waals surface area contributed by atoms with Crippen LogP contribution in [0.25, 0.3) is 0 Å². The molecule has 1 N–H and O–H groups in total. The summed E-state index contributed by atoms with van der Waals surface area (Å²) >= 11 is 18.7. The van der Waals surface area contributed by atoms with Crippen molar-refractivity contribution in [2.45, 2.75) is 52.2 Å². The molecule has 0 saturated carbocycles. The summed E-state index contributed by atoms with van der Waals surface area (Å²) in [5.74, 6) is -0.112. The number of rotatable bonds is 9. The third-order valence-electron chi connectivity index (χ3n) is 5.62. The molecule has 0 radical (unpaired) electrons. The van der Waals surface area contributed by atoms with E-state index < -0.39 is 11.6 Å². The van der Waals surface area contributed by atoms with Crippen molar-refractivity contribution in [2.24, 2.45) is 0 Å². The van der Waals surface area contributed by atoms with Gasteiger partial charge in [-0.2, -0.15) is 0 Å². The van der Waals surface area contributed by atoms with E-state index in [4.69, 9.17) is 39.5 Å². The smallest absolute Gasteiger partial charge is 0.261 e. The number of hydrogen-bond donors (Lipinski definition) is 1. The molecular formula is C29H31Cl3N2O3. The average molecular weight is 562 g/mol. The van der Waals surface area contributed by atoms with Gasteiger partial charge in [0.2, 0.25) is 5.91 Å². The summed E-state index contributed by atoms with van der Waals surface area (Å²) in [6.07, 6.45) is 0.319. The molecular weight excluding hydrogens is 531 g/mol. The quantitative estimate of drug-likeness (QED) is 0.309. The van der Waals surface area contributed by atoms with E-state index in [1.165, 1.54) is 4.90 Å². The lowest BCUT2D eigenvalue weighted by Crippen LogP contribution is -2.55. The maximum absolute atomic E-state index is 13.7. The largest absolute Gasteiger partial charge is 0.484 e. The van der Waals surface area contributed by atoms with Crippen LogP contribution in [-0.2, 0) is 22.6 Å². The van der Waals surface area contributed by atoms with E-state index >= 15 is 0 Å². The van der Waals surface area contributed by atoms with Gasteiger partial charge < -0.3 is 15.0 Å². The summed E-state index contributed by atoms with van der Waals surface area (Å²) in [6.45, 7) is 7.40. The van der Waals surface area contributed by atoms with Gasteiger partial charge in [-0.25, -0.2) is 0 Å². The molecule has 1 atom stereocenters. The van der Waals surface area contributed by atoms with Gasteiger partial charge in [0.1, 0.15) is 11.8 Å². The fourth-order valence-electron chi connectivity index (χ4n) is 3.78. The van der Waals surface area contributed by atoms with Crippen molar-refractivity contribution in [2.75, 3.05) is 6.61 Å². The molecule has 0 spiro atoms. The summed E-state index contributed by atoms with van der Waals surface area (Å²) in [5.41, 5.74) is 1.94. The summed E-state index contributed by atoms with van der Waals surface area (Å²) in [5, 5.41) is 4.54. The number of amides is 2. The molecule has 5 nitrogen and oxygen atoms in total. The van der Waals surface area contributed by atoms with Gasteiger partial charge in [-0.1, -0.05) is 71.2 Å². The van der Waals surface area contributed by atoms with Crippen molar-refractivity contribution in [1.82, 2.24) is 10.2 Å². The monoisotopic (exact) mass is 560 g/mol. The highest BCUT2D eigenvalue weighted by molar-refractivity contribution is 6.35. The standard InChI is InChI=1S/C29H31Cl3N2O3/c1-19-14-23(12-13-24(19)31)37-18-27(35)34(17-21-10-11-22(30)16-25(21)32)26(28(36)33-29(2,3)4)15-20-8-6-5-7-9-20/h5-14,16,26H,15,17-18H2,1-4H3,(H,33,36). The van der Waals surface area contributed by atoms with E-state index in [2.05, 4.69) is 5.32 Å². The second kappa shape index (κ2) is 12.7. The zero-order valence-electron chi connectivity index (χ0n) is 21.4. The Morgan fingerprint density at radius 3 is 2.27 bits per heavy atom. The van der Waals surface area contributed by atoms with Crippen LogP contribution in [0.2, 0.25) is 15.1 Å². The molecule has 8 heteroatoms. The summed E-state index contributed by atoms with van der Waals surface area (Å²) in [4.78, 5) is 28.8. The number of halogens is 3. The molecule has 0 heterocycles. The lowest BCUT2D eigenvalue weighted by atomic mass is 10.0. The van der Waals surface area contributed by atoms with Crippen LogP contribution in [0.3, 0.4) is 0 Å². The predicted octanol–water partition coefficient (Wildman–Crippen LogP) is 6.89. The number of carbonyl (C=O) groups is 2. The second-order valence-electron chi connectivity index (χ2n) is 9.90. The fraction of sp³-hybridized carbons (Fsp3) is 0.310. The molecule has 37 heavy (non-hydrogen) atoms. The molecule has 2 amide bonds. The lowest BCUT2D eigenvalue weighted by molar-refractivity contribution is -0.143. The van der Waals surface area contributed by atoms with Crippen molar-refractivity contribution in [3.05, 3.63) is 98.5 Å². The molecule has 0 fully saturated rings. The van der Waals surface area contributed by atoms with Gasteiger partial charge in [0.25, 0.3) is 5.91 Å². The zero-order valence-corrected chi connectivity index (χ0v) is 23.6. The van der Waals surface area contributed by atoms with Crippen molar-refractivity contribution in [3.63, 3.8) is 0 Å². The van der Waals surface area contributed by atoms with E-state index in [1.54, 1.807) is 36.4 Å². The molecule has 3 rings (SSSR count). The molecule has 0 bridgehead atoms. The van der Waals surface area contributed by atoms with Gasteiger partial charge in [-0.15, -0.1) is 0 Å². The molecule has 0 aromatic heterocycles. The van der Waals surface area contributed by atoms with Crippen LogP contribution in [0.15, 0.2) is 66.7 Å². The minimum Gasteiger partial charge on any atom is -0.484 e. The Bertz CT molecular complexity index is 1240. The average Bonchev–Trinajstić information content (AvgIpc) is 2.82. The lowest BCUT2D eigenvalue weighted by Gasteiger charge is -2.34. The first-order chi connectivity index (χ1) is 17.4. The molecule has 3 aromatic rings. The summed E-state index contributed by atoms with van der Waals surface area (Å²) in [7, 11) is 0. The van der Waals surface area contributed by atoms with Gasteiger partial charge in [-0.05, 0) is 74.7 Å². The van der Waals surface area contributed by atoms with Crippen LogP contribution < -0.4 is 10.1 Å². The van der Waals surface area contributed by atoms with Crippen molar-refractivity contribution < 1.29 is 14.3 Å². The molecule has 3 aromatic carbocycles. The minimum absolute atomic E-state index is 0.104. The number of aryl methyl sites for hydroxylation is 1. The highest BCUT2D eigenvalue weighted by Gasteiger charge is 2.33. The number of carbonyl (C=O) groups excluding carboxylic acids is 2. The number of ether oxygens (including phenoxy) is 1. The Kier molecular flexibility index (Phi) is 9.88. The molecule has 0 saturated heterocycles. The number of nitrogens with one attached hydrogen (secondary N) is 1. The van der Waals surface area contributed by atoms with Gasteiger partial charge in [0.05, 0.1) is 0 Å². The van der Waals surface area contributed by atoms with Crippen LogP contribution in [0, 0.1) is 6.92 Å². The van der Waals surface area contributed by atoms with Crippen LogP contribution in [0.4, 0.5) is 0 Å². The van der Waals surface area contributed by atoms with Gasteiger partial charge in [0.15, 0.2) is 6.61 Å². The van der Waals surface area contributed by atoms with E-state index in [-0.39, 0.29) is 25.0 Å². The molecule has 0 aliphatic rings. The SMILES string of the molecule is Cc1cc(OCC(=O)N(Cc2ccc(Cl)cc2Cl)C(Cc2ccccc2)C(=O)NC(C)(C)C)ccc1Cl. The van der Waals surface area contributed by atoms with Crippen LogP contribution in [0.5, 0.6) is 5.75 Å². The molecule has 196 valence electrons. The van der Waals surface area contributed by atoms with Crippen molar-refractivity contribution >= 4 is 46.6 Å². The third-order valence-corrected chi connectivity index (χ3v) is 6.63. The van der Waals surface area contributed by atoms with Crippen LogP contribution in [-0.4, -0.2) is 34.9 Å². The maximum Gasteiger partial charge on any atom is 0.261 e. The third kappa shape index (κ3) is 8.67. The highest BCUT2D eigenvalue weighted by Crippen LogP contribution is 2.25.